The van der Waals surface area contributed by atoms with Gasteiger partial charge in [0.1, 0.15) is 0 Å². The van der Waals surface area contributed by atoms with Crippen molar-refractivity contribution in [2.75, 3.05) is 0 Å². The molecule has 106 valence electrons. The van der Waals surface area contributed by atoms with Crippen molar-refractivity contribution in [2.24, 2.45) is 0 Å². The number of benzene rings is 2. The Labute approximate surface area is 133 Å². The fourth-order valence-corrected chi connectivity index (χ4v) is 2.50. The lowest BCUT2D eigenvalue weighted by atomic mass is 10.0. The monoisotopic (exact) mass is 358 g/mol. The van der Waals surface area contributed by atoms with E-state index < -0.39 is 11.7 Å². The number of alkyl halides is 3. The second-order valence-electron chi connectivity index (χ2n) is 3.92. The highest BCUT2D eigenvalue weighted by molar-refractivity contribution is 6.49. The summed E-state index contributed by atoms with van der Waals surface area (Å²) >= 11 is 23.6. The summed E-state index contributed by atoms with van der Waals surface area (Å²) in [5.74, 6) is 0. The molecule has 0 aromatic heterocycles. The van der Waals surface area contributed by atoms with Crippen molar-refractivity contribution in [2.45, 2.75) is 6.18 Å². The Morgan fingerprint density at radius 3 is 1.90 bits per heavy atom. The van der Waals surface area contributed by atoms with Crippen LogP contribution in [0.3, 0.4) is 0 Å². The van der Waals surface area contributed by atoms with Gasteiger partial charge in [-0.3, -0.25) is 0 Å². The number of hydrogen-bond acceptors (Lipinski definition) is 0. The maximum absolute atomic E-state index is 12.7. The summed E-state index contributed by atoms with van der Waals surface area (Å²) < 4.78 is 38.2. The second kappa shape index (κ2) is 5.64. The predicted octanol–water partition coefficient (Wildman–Crippen LogP) is 6.99. The average molecular weight is 360 g/mol. The maximum atomic E-state index is 12.7. The molecule has 0 saturated heterocycles. The molecule has 2 rings (SSSR count). The Bertz CT molecular complexity index is 665. The summed E-state index contributed by atoms with van der Waals surface area (Å²) in [6.45, 7) is 0. The number of rotatable bonds is 1. The van der Waals surface area contributed by atoms with Gasteiger partial charge in [-0.1, -0.05) is 52.5 Å². The summed E-state index contributed by atoms with van der Waals surface area (Å²) in [6, 6.07) is 5.91. The normalized spacial score (nSPS) is 11.8. The Morgan fingerprint density at radius 1 is 0.700 bits per heavy atom. The first kappa shape index (κ1) is 15.8. The highest BCUT2D eigenvalue weighted by Crippen LogP contribution is 2.42. The van der Waals surface area contributed by atoms with E-state index >= 15 is 0 Å². The minimum atomic E-state index is -4.47. The Morgan fingerprint density at radius 2 is 1.30 bits per heavy atom. The smallest absolute Gasteiger partial charge is 0.166 e. The Balaban J connectivity index is 2.67. The zero-order chi connectivity index (χ0) is 15.1. The minimum absolute atomic E-state index is 0.0559. The first-order chi connectivity index (χ1) is 9.21. The molecule has 0 aliphatic rings. The molecule has 2 aromatic rings. The predicted molar refractivity (Wildman–Crippen MR) is 76.9 cm³/mol. The molecule has 2 aromatic carbocycles. The fraction of sp³-hybridized carbons (Fsp3) is 0.0769. The molecule has 0 amide bonds. The average Bonchev–Trinajstić information content (AvgIpc) is 2.36. The largest absolute Gasteiger partial charge is 0.416 e. The van der Waals surface area contributed by atoms with Crippen LogP contribution in [0.1, 0.15) is 5.56 Å². The van der Waals surface area contributed by atoms with E-state index in [0.29, 0.717) is 0 Å². The van der Waals surface area contributed by atoms with E-state index in [1.807, 2.05) is 0 Å². The highest BCUT2D eigenvalue weighted by atomic mass is 35.5. The van der Waals surface area contributed by atoms with Crippen molar-refractivity contribution in [1.82, 2.24) is 0 Å². The van der Waals surface area contributed by atoms with Crippen molar-refractivity contribution in [3.05, 3.63) is 56.0 Å². The van der Waals surface area contributed by atoms with Gasteiger partial charge >= 0.3 is 6.18 Å². The SMILES string of the molecule is FC(F)(F)c1ccc(Cl)c(-c2ccc(Cl)c(Cl)c2Cl)c1. The Hall–Kier alpha value is -0.610. The van der Waals surface area contributed by atoms with Crippen LogP contribution in [-0.4, -0.2) is 0 Å². The Kier molecular flexibility index (Phi) is 4.45. The molecule has 0 atom stereocenters. The van der Waals surface area contributed by atoms with Crippen LogP contribution in [0.15, 0.2) is 30.3 Å². The van der Waals surface area contributed by atoms with E-state index in [-0.39, 0.29) is 31.2 Å². The molecule has 0 nitrogen and oxygen atoms in total. The van der Waals surface area contributed by atoms with Gasteiger partial charge in [0.05, 0.1) is 20.6 Å². The molecular weight excluding hydrogens is 355 g/mol. The molecule has 0 radical (unpaired) electrons. The lowest BCUT2D eigenvalue weighted by Crippen LogP contribution is -2.04. The molecule has 0 N–H and O–H groups in total. The van der Waals surface area contributed by atoms with E-state index in [1.54, 1.807) is 0 Å². The topological polar surface area (TPSA) is 0 Å². The van der Waals surface area contributed by atoms with E-state index in [2.05, 4.69) is 0 Å². The van der Waals surface area contributed by atoms with Crippen LogP contribution >= 0.6 is 46.4 Å². The van der Waals surface area contributed by atoms with E-state index in [0.717, 1.165) is 12.1 Å². The molecule has 0 bridgehead atoms. The van der Waals surface area contributed by atoms with E-state index in [9.17, 15) is 13.2 Å². The van der Waals surface area contributed by atoms with Crippen LogP contribution in [-0.2, 0) is 6.18 Å². The molecule has 0 saturated carbocycles. The van der Waals surface area contributed by atoms with Gasteiger partial charge in [0.25, 0.3) is 0 Å². The number of hydrogen-bond donors (Lipinski definition) is 0. The summed E-state index contributed by atoms with van der Waals surface area (Å²) in [5.41, 5.74) is -0.388. The number of halogens is 7. The standard InChI is InChI=1S/C13H5Cl4F3/c14-9-3-1-6(13(18,19)20)5-8(9)7-2-4-10(15)12(17)11(7)16/h1-5H. The molecule has 0 fully saturated rings. The van der Waals surface area contributed by atoms with Crippen molar-refractivity contribution >= 4 is 46.4 Å². The van der Waals surface area contributed by atoms with Crippen molar-refractivity contribution in [1.29, 1.82) is 0 Å². The van der Waals surface area contributed by atoms with Gasteiger partial charge in [0.2, 0.25) is 0 Å². The van der Waals surface area contributed by atoms with Gasteiger partial charge in [-0.05, 0) is 24.3 Å². The third-order valence-corrected chi connectivity index (χ3v) is 4.24. The maximum Gasteiger partial charge on any atom is 0.416 e. The van der Waals surface area contributed by atoms with Crippen LogP contribution in [0.4, 0.5) is 13.2 Å². The summed E-state index contributed by atoms with van der Waals surface area (Å²) in [7, 11) is 0. The minimum Gasteiger partial charge on any atom is -0.166 e. The lowest BCUT2D eigenvalue weighted by Gasteiger charge is -2.13. The van der Waals surface area contributed by atoms with Crippen molar-refractivity contribution < 1.29 is 13.2 Å². The third kappa shape index (κ3) is 3.01. The molecule has 7 heteroatoms. The van der Waals surface area contributed by atoms with Gasteiger partial charge in [-0.25, -0.2) is 0 Å². The van der Waals surface area contributed by atoms with Crippen LogP contribution in [0.5, 0.6) is 0 Å². The molecular formula is C13H5Cl4F3. The van der Waals surface area contributed by atoms with Crippen molar-refractivity contribution in [3.63, 3.8) is 0 Å². The van der Waals surface area contributed by atoms with Gasteiger partial charge in [-0.2, -0.15) is 13.2 Å². The highest BCUT2D eigenvalue weighted by Gasteiger charge is 2.31. The van der Waals surface area contributed by atoms with E-state index in [4.69, 9.17) is 46.4 Å². The van der Waals surface area contributed by atoms with Crippen LogP contribution in [0.2, 0.25) is 20.1 Å². The molecule has 0 heterocycles. The molecule has 0 spiro atoms. The summed E-state index contributed by atoms with van der Waals surface area (Å²) in [4.78, 5) is 0. The first-order valence-corrected chi connectivity index (χ1v) is 6.73. The molecule has 0 aliphatic heterocycles. The first-order valence-electron chi connectivity index (χ1n) is 5.22. The molecule has 0 unspecified atom stereocenters. The third-order valence-electron chi connectivity index (χ3n) is 2.62. The van der Waals surface area contributed by atoms with Crippen molar-refractivity contribution in [3.8, 4) is 11.1 Å². The van der Waals surface area contributed by atoms with Crippen LogP contribution in [0, 0.1) is 0 Å². The van der Waals surface area contributed by atoms with Gasteiger partial charge in [0, 0.05) is 16.1 Å². The van der Waals surface area contributed by atoms with Gasteiger partial charge in [0.15, 0.2) is 0 Å². The van der Waals surface area contributed by atoms with E-state index in [1.165, 1.54) is 18.2 Å². The lowest BCUT2D eigenvalue weighted by molar-refractivity contribution is -0.137. The zero-order valence-electron chi connectivity index (χ0n) is 9.53. The molecule has 20 heavy (non-hydrogen) atoms. The second-order valence-corrected chi connectivity index (χ2v) is 5.49. The quantitative estimate of drug-likeness (QED) is 0.481. The fourth-order valence-electron chi connectivity index (χ4n) is 1.64. The summed E-state index contributed by atoms with van der Waals surface area (Å²) in [6.07, 6.45) is -4.47. The van der Waals surface area contributed by atoms with Crippen LogP contribution in [0.25, 0.3) is 11.1 Å². The van der Waals surface area contributed by atoms with Gasteiger partial charge in [-0.15, -0.1) is 0 Å². The van der Waals surface area contributed by atoms with Crippen LogP contribution < -0.4 is 0 Å². The van der Waals surface area contributed by atoms with Gasteiger partial charge < -0.3 is 0 Å². The summed E-state index contributed by atoms with van der Waals surface area (Å²) in [5, 5.41) is 0.474. The zero-order valence-corrected chi connectivity index (χ0v) is 12.6. The molecule has 0 aliphatic carbocycles.